The number of anilines is 1. The van der Waals surface area contributed by atoms with Gasteiger partial charge in [-0.25, -0.2) is 12.8 Å². The fourth-order valence-electron chi connectivity index (χ4n) is 4.22. The van der Waals surface area contributed by atoms with Crippen molar-refractivity contribution in [3.05, 3.63) is 82.6 Å². The van der Waals surface area contributed by atoms with Crippen molar-refractivity contribution < 1.29 is 41.0 Å². The van der Waals surface area contributed by atoms with Crippen molar-refractivity contribution in [2.24, 2.45) is 0 Å². The number of hydrogen-bond donors (Lipinski definition) is 1. The van der Waals surface area contributed by atoms with E-state index in [0.29, 0.717) is 11.1 Å². The summed E-state index contributed by atoms with van der Waals surface area (Å²) in [5.41, 5.74) is 1.33. The molecule has 1 aliphatic rings. The van der Waals surface area contributed by atoms with Gasteiger partial charge in [0.25, 0.3) is 10.0 Å². The van der Waals surface area contributed by atoms with Crippen LogP contribution in [0.4, 0.5) is 18.9 Å². The second-order valence-electron chi connectivity index (χ2n) is 8.71. The molecule has 0 aromatic heterocycles. The average Bonchev–Trinajstić information content (AvgIpc) is 2.86. The lowest BCUT2D eigenvalue weighted by Gasteiger charge is -2.35. The van der Waals surface area contributed by atoms with E-state index >= 15 is 0 Å². The SMILES string of the molecule is C/C(=C\c1ccc2c(c1)N(S(=O)(=O)c1cccc(OC(F)F)c1)C[C@H](CCC(=O)O)O2)c1c(F)cccc1Cl. The van der Waals surface area contributed by atoms with Gasteiger partial charge >= 0.3 is 12.6 Å². The van der Waals surface area contributed by atoms with Crippen LogP contribution in [0.3, 0.4) is 0 Å². The highest BCUT2D eigenvalue weighted by molar-refractivity contribution is 7.92. The number of sulfonamides is 1. The summed E-state index contributed by atoms with van der Waals surface area (Å²) < 4.78 is 78.7. The maximum Gasteiger partial charge on any atom is 0.387 e. The van der Waals surface area contributed by atoms with Gasteiger partial charge in [-0.3, -0.25) is 9.10 Å². The summed E-state index contributed by atoms with van der Waals surface area (Å²) in [4.78, 5) is 10.8. The second-order valence-corrected chi connectivity index (χ2v) is 11.0. The lowest BCUT2D eigenvalue weighted by molar-refractivity contribution is -0.137. The zero-order valence-electron chi connectivity index (χ0n) is 20.5. The van der Waals surface area contributed by atoms with Crippen LogP contribution in [0, 0.1) is 5.82 Å². The summed E-state index contributed by atoms with van der Waals surface area (Å²) in [5, 5.41) is 9.30. The van der Waals surface area contributed by atoms with Gasteiger partial charge in [-0.2, -0.15) is 8.78 Å². The Morgan fingerprint density at radius 1 is 1.21 bits per heavy atom. The van der Waals surface area contributed by atoms with E-state index in [1.54, 1.807) is 25.1 Å². The Morgan fingerprint density at radius 2 is 1.95 bits per heavy atom. The van der Waals surface area contributed by atoms with E-state index in [1.807, 2.05) is 0 Å². The topological polar surface area (TPSA) is 93.1 Å². The molecule has 0 unspecified atom stereocenters. The van der Waals surface area contributed by atoms with Crippen LogP contribution in [0.15, 0.2) is 65.6 Å². The summed E-state index contributed by atoms with van der Waals surface area (Å²) in [6.45, 7) is -1.72. The van der Waals surface area contributed by atoms with Gasteiger partial charge in [-0.15, -0.1) is 0 Å². The van der Waals surface area contributed by atoms with Crippen molar-refractivity contribution in [1.82, 2.24) is 0 Å². The van der Waals surface area contributed by atoms with Crippen LogP contribution in [0.2, 0.25) is 5.02 Å². The predicted octanol–water partition coefficient (Wildman–Crippen LogP) is 6.46. The molecule has 4 rings (SSSR count). The number of hydrogen-bond acceptors (Lipinski definition) is 5. The van der Waals surface area contributed by atoms with E-state index in [1.165, 1.54) is 42.5 Å². The van der Waals surface area contributed by atoms with Crippen LogP contribution in [-0.2, 0) is 14.8 Å². The molecule has 1 heterocycles. The first-order valence-electron chi connectivity index (χ1n) is 11.7. The molecule has 3 aromatic carbocycles. The molecule has 7 nitrogen and oxygen atoms in total. The summed E-state index contributed by atoms with van der Waals surface area (Å²) in [6.07, 6.45) is 0.615. The molecular weight excluding hydrogens is 559 g/mol. The fourth-order valence-corrected chi connectivity index (χ4v) is 6.06. The highest BCUT2D eigenvalue weighted by atomic mass is 35.5. The third-order valence-corrected chi connectivity index (χ3v) is 8.04. The van der Waals surface area contributed by atoms with Crippen LogP contribution in [0.5, 0.6) is 11.5 Å². The molecule has 0 saturated carbocycles. The zero-order valence-corrected chi connectivity index (χ0v) is 22.1. The molecule has 0 fully saturated rings. The predicted molar refractivity (Wildman–Crippen MR) is 140 cm³/mol. The van der Waals surface area contributed by atoms with Gasteiger partial charge < -0.3 is 14.6 Å². The van der Waals surface area contributed by atoms with Gasteiger partial charge in [0.1, 0.15) is 23.4 Å². The minimum absolute atomic E-state index is 0.0296. The van der Waals surface area contributed by atoms with Gasteiger partial charge in [0.05, 0.1) is 22.2 Å². The average molecular weight is 582 g/mol. The number of benzene rings is 3. The van der Waals surface area contributed by atoms with Crippen LogP contribution < -0.4 is 13.8 Å². The Bertz CT molecular complexity index is 1510. The molecule has 0 aliphatic carbocycles. The minimum atomic E-state index is -4.34. The molecule has 12 heteroatoms. The van der Waals surface area contributed by atoms with Crippen molar-refractivity contribution in [2.75, 3.05) is 10.8 Å². The fraction of sp³-hybridized carbons (Fsp3) is 0.222. The number of nitrogens with zero attached hydrogens (tertiary/aromatic N) is 1. The summed E-state index contributed by atoms with van der Waals surface area (Å²) >= 11 is 6.18. The summed E-state index contributed by atoms with van der Waals surface area (Å²) in [6, 6.07) is 13.7. The molecular formula is C27H23ClF3NO6S. The normalized spacial score (nSPS) is 15.6. The van der Waals surface area contributed by atoms with E-state index in [2.05, 4.69) is 4.74 Å². The molecule has 1 atom stereocenters. The molecule has 0 amide bonds. The van der Waals surface area contributed by atoms with Crippen molar-refractivity contribution >= 4 is 44.9 Å². The lowest BCUT2D eigenvalue weighted by atomic mass is 10.0. The first-order chi connectivity index (χ1) is 18.5. The monoisotopic (exact) mass is 581 g/mol. The minimum Gasteiger partial charge on any atom is -0.486 e. The highest BCUT2D eigenvalue weighted by Gasteiger charge is 2.35. The maximum atomic E-state index is 14.4. The van der Waals surface area contributed by atoms with E-state index < -0.39 is 34.5 Å². The van der Waals surface area contributed by atoms with E-state index in [0.717, 1.165) is 10.4 Å². The number of fused-ring (bicyclic) bond motifs is 1. The molecule has 1 aliphatic heterocycles. The number of halogens is 4. The van der Waals surface area contributed by atoms with Gasteiger partial charge in [-0.1, -0.05) is 35.9 Å². The zero-order chi connectivity index (χ0) is 28.3. The Kier molecular flexibility index (Phi) is 8.41. The smallest absolute Gasteiger partial charge is 0.387 e. The van der Waals surface area contributed by atoms with E-state index in [9.17, 15) is 26.4 Å². The number of carboxylic acids is 1. The third-order valence-electron chi connectivity index (χ3n) is 5.95. The molecule has 0 bridgehead atoms. The van der Waals surface area contributed by atoms with E-state index in [4.69, 9.17) is 21.4 Å². The standard InChI is InChI=1S/C27H23ClF3NO6S/c1-16(26-21(28)6-3-7-22(26)29)12-17-8-10-24-23(13-17)32(15-19(37-24)9-11-25(33)34)39(35,36)20-5-2-4-18(14-20)38-27(30)31/h2-8,10,12-14,19,27H,9,11,15H2,1H3,(H,33,34)/b16-12+/t19-/m0/s1. The van der Waals surface area contributed by atoms with E-state index in [-0.39, 0.29) is 52.1 Å². The van der Waals surface area contributed by atoms with Gasteiger partial charge in [-0.05, 0) is 60.9 Å². The first-order valence-corrected chi connectivity index (χ1v) is 13.5. The Labute approximate surface area is 228 Å². The van der Waals surface area contributed by atoms with Crippen molar-refractivity contribution in [2.45, 2.75) is 37.4 Å². The van der Waals surface area contributed by atoms with Crippen LogP contribution >= 0.6 is 11.6 Å². The molecule has 0 saturated heterocycles. The summed E-state index contributed by atoms with van der Waals surface area (Å²) in [7, 11) is -4.34. The van der Waals surface area contributed by atoms with Crippen molar-refractivity contribution in [1.29, 1.82) is 0 Å². The number of carboxylic acid groups (broad SMARTS) is 1. The first kappa shape index (κ1) is 28.3. The lowest BCUT2D eigenvalue weighted by Crippen LogP contribution is -2.43. The van der Waals surface area contributed by atoms with Gasteiger partial charge in [0.2, 0.25) is 0 Å². The molecule has 206 valence electrons. The Balaban J connectivity index is 1.77. The number of carbonyl (C=O) groups is 1. The molecule has 1 N–H and O–H groups in total. The van der Waals surface area contributed by atoms with Crippen molar-refractivity contribution in [3.8, 4) is 11.5 Å². The molecule has 3 aromatic rings. The van der Waals surface area contributed by atoms with Gasteiger partial charge in [0.15, 0.2) is 0 Å². The summed E-state index contributed by atoms with van der Waals surface area (Å²) in [5.74, 6) is -1.75. The Morgan fingerprint density at radius 3 is 2.64 bits per heavy atom. The highest BCUT2D eigenvalue weighted by Crippen LogP contribution is 2.40. The number of allylic oxidation sites excluding steroid dienone is 1. The van der Waals surface area contributed by atoms with Crippen molar-refractivity contribution in [3.63, 3.8) is 0 Å². The molecule has 0 radical (unpaired) electrons. The van der Waals surface area contributed by atoms with Crippen LogP contribution in [-0.4, -0.2) is 38.8 Å². The largest absolute Gasteiger partial charge is 0.486 e. The number of aliphatic carboxylic acids is 1. The number of rotatable bonds is 9. The number of alkyl halides is 2. The van der Waals surface area contributed by atoms with Crippen LogP contribution in [0.1, 0.15) is 30.9 Å². The molecule has 0 spiro atoms. The molecule has 39 heavy (non-hydrogen) atoms. The van der Waals surface area contributed by atoms with Crippen LogP contribution in [0.25, 0.3) is 11.6 Å². The quantitative estimate of drug-likeness (QED) is 0.291. The third kappa shape index (κ3) is 6.48. The van der Waals surface area contributed by atoms with Gasteiger partial charge in [0, 0.05) is 18.1 Å². The number of ether oxygens (including phenoxy) is 2. The Hall–Kier alpha value is -3.70. The maximum absolute atomic E-state index is 14.4. The second kappa shape index (κ2) is 11.6.